The first-order chi connectivity index (χ1) is 13.4. The number of aliphatic imine (C=N–C) groups is 1. The summed E-state index contributed by atoms with van der Waals surface area (Å²) in [7, 11) is 0. The van der Waals surface area contributed by atoms with Crippen LogP contribution in [-0.2, 0) is 16.7 Å². The first-order valence-electron chi connectivity index (χ1n) is 8.02. The van der Waals surface area contributed by atoms with Gasteiger partial charge in [0.1, 0.15) is 17.2 Å². The van der Waals surface area contributed by atoms with E-state index in [9.17, 15) is 26.7 Å². The molecule has 2 aromatic rings. The molecule has 0 radical (unpaired) electrons. The number of hydrogen-bond donors (Lipinski definition) is 1. The van der Waals surface area contributed by atoms with E-state index in [1.165, 1.54) is 0 Å². The topological polar surface area (TPSA) is 95.4 Å². The zero-order valence-corrected chi connectivity index (χ0v) is 15.4. The number of rotatable bonds is 5. The van der Waals surface area contributed by atoms with E-state index < -0.39 is 60.0 Å². The number of halogens is 6. The maximum absolute atomic E-state index is 14.4. The van der Waals surface area contributed by atoms with Gasteiger partial charge in [-0.3, -0.25) is 9.78 Å². The normalized spacial score (nSPS) is 21.0. The van der Waals surface area contributed by atoms with E-state index >= 15 is 0 Å². The molecule has 0 spiro atoms. The summed E-state index contributed by atoms with van der Waals surface area (Å²) >= 11 is 5.74. The number of amidine groups is 1. The number of carbonyl (C=O) groups is 1. The van der Waals surface area contributed by atoms with Crippen molar-refractivity contribution in [1.82, 2.24) is 14.8 Å². The molecule has 0 aromatic carbocycles. The Hall–Kier alpha value is -2.76. The van der Waals surface area contributed by atoms with E-state index in [2.05, 4.69) is 19.8 Å². The van der Waals surface area contributed by atoms with Gasteiger partial charge in [-0.15, -0.1) is 0 Å². The number of alkyl halides is 4. The van der Waals surface area contributed by atoms with Crippen LogP contribution in [0.1, 0.15) is 35.3 Å². The zero-order valence-electron chi connectivity index (χ0n) is 14.7. The van der Waals surface area contributed by atoms with Gasteiger partial charge in [0, 0.05) is 5.69 Å². The average molecular weight is 438 g/mol. The first-order valence-corrected chi connectivity index (χ1v) is 8.40. The molecular weight excluding hydrogens is 425 g/mol. The Bertz CT molecular complexity index is 996. The van der Waals surface area contributed by atoms with Gasteiger partial charge in [-0.05, 0) is 19.1 Å². The number of ketones is 1. The number of pyridine rings is 1. The van der Waals surface area contributed by atoms with Crippen LogP contribution in [-0.4, -0.2) is 39.1 Å². The molecule has 0 saturated heterocycles. The second-order valence-electron chi connectivity index (χ2n) is 6.33. The standard InChI is InChI=1S/C16H13ClF5N5O2/c1-15(16(21,22)6-29-14(23)25-15)12-9(18)3-2-7(24-12)4-10(28)11-8(17)5-27(26-11)13(19)20/h2-3,5,13H,4,6H2,1H3,(H2,23,25)/t15-/m1/s1. The Morgan fingerprint density at radius 3 is 2.72 bits per heavy atom. The number of carbonyl (C=O) groups excluding carboxylic acids is 1. The summed E-state index contributed by atoms with van der Waals surface area (Å²) in [6.07, 6.45) is 0.217. The van der Waals surface area contributed by atoms with E-state index in [1.54, 1.807) is 0 Å². The molecule has 13 heteroatoms. The summed E-state index contributed by atoms with van der Waals surface area (Å²) in [5.74, 6) is -5.56. The highest BCUT2D eigenvalue weighted by atomic mass is 35.5. The van der Waals surface area contributed by atoms with E-state index in [0.29, 0.717) is 0 Å². The molecule has 1 aliphatic heterocycles. The molecule has 0 unspecified atom stereocenters. The molecule has 2 N–H and O–H groups in total. The maximum Gasteiger partial charge on any atom is 0.333 e. The summed E-state index contributed by atoms with van der Waals surface area (Å²) in [5, 5.41) is 3.07. The van der Waals surface area contributed by atoms with Gasteiger partial charge in [-0.25, -0.2) is 14.1 Å². The van der Waals surface area contributed by atoms with Gasteiger partial charge < -0.3 is 10.5 Å². The van der Waals surface area contributed by atoms with Gasteiger partial charge in [0.05, 0.1) is 17.6 Å². The number of hydrogen-bond acceptors (Lipinski definition) is 6. The fraction of sp³-hybridized carbons (Fsp3) is 0.375. The number of ether oxygens (including phenoxy) is 1. The van der Waals surface area contributed by atoms with Crippen molar-refractivity contribution in [2.45, 2.75) is 31.4 Å². The highest BCUT2D eigenvalue weighted by molar-refractivity contribution is 6.33. The van der Waals surface area contributed by atoms with Crippen molar-refractivity contribution in [3.8, 4) is 0 Å². The van der Waals surface area contributed by atoms with E-state index in [0.717, 1.165) is 25.3 Å². The molecule has 0 aliphatic carbocycles. The van der Waals surface area contributed by atoms with Crippen LogP contribution < -0.4 is 5.73 Å². The SMILES string of the molecule is C[C@]1(c2nc(CC(=O)c3nn(C(F)F)cc3Cl)ccc2F)N=C(N)OCC1(F)F. The van der Waals surface area contributed by atoms with Gasteiger partial charge >= 0.3 is 12.5 Å². The quantitative estimate of drug-likeness (QED) is 0.573. The van der Waals surface area contributed by atoms with Crippen molar-refractivity contribution in [3.63, 3.8) is 0 Å². The molecule has 0 saturated carbocycles. The van der Waals surface area contributed by atoms with Crippen molar-refractivity contribution in [2.75, 3.05) is 6.61 Å². The highest BCUT2D eigenvalue weighted by Crippen LogP contribution is 2.43. The monoisotopic (exact) mass is 437 g/mol. The van der Waals surface area contributed by atoms with E-state index in [-0.39, 0.29) is 15.4 Å². The average Bonchev–Trinajstić information content (AvgIpc) is 3.02. The first kappa shape index (κ1) is 21.0. The van der Waals surface area contributed by atoms with Crippen LogP contribution in [0.4, 0.5) is 22.0 Å². The molecule has 3 heterocycles. The van der Waals surface area contributed by atoms with Gasteiger partial charge in [0.2, 0.25) is 0 Å². The van der Waals surface area contributed by atoms with Crippen LogP contribution in [0.3, 0.4) is 0 Å². The molecule has 1 atom stereocenters. The minimum absolute atomic E-state index is 0.119. The lowest BCUT2D eigenvalue weighted by atomic mass is 9.88. The number of nitrogens with zero attached hydrogens (tertiary/aromatic N) is 4. The third kappa shape index (κ3) is 3.76. The predicted octanol–water partition coefficient (Wildman–Crippen LogP) is 3.09. The largest absolute Gasteiger partial charge is 0.459 e. The van der Waals surface area contributed by atoms with Crippen LogP contribution in [0.15, 0.2) is 23.3 Å². The summed E-state index contributed by atoms with van der Waals surface area (Å²) < 4.78 is 73.2. The Labute approximate surface area is 165 Å². The predicted molar refractivity (Wildman–Crippen MR) is 90.6 cm³/mol. The highest BCUT2D eigenvalue weighted by Gasteiger charge is 2.57. The number of nitrogens with two attached hydrogens (primary N) is 1. The Morgan fingerprint density at radius 1 is 1.41 bits per heavy atom. The minimum atomic E-state index is -3.65. The Kier molecular flexibility index (Phi) is 5.24. The lowest BCUT2D eigenvalue weighted by Crippen LogP contribution is -2.51. The summed E-state index contributed by atoms with van der Waals surface area (Å²) in [6.45, 7) is -3.21. The van der Waals surface area contributed by atoms with E-state index in [4.69, 9.17) is 17.3 Å². The second-order valence-corrected chi connectivity index (χ2v) is 6.74. The fourth-order valence-electron chi connectivity index (χ4n) is 2.69. The lowest BCUT2D eigenvalue weighted by Gasteiger charge is -2.36. The van der Waals surface area contributed by atoms with Crippen LogP contribution in [0, 0.1) is 5.82 Å². The van der Waals surface area contributed by atoms with Crippen molar-refractivity contribution in [3.05, 3.63) is 46.3 Å². The molecule has 0 fully saturated rings. The van der Waals surface area contributed by atoms with Gasteiger partial charge in [0.15, 0.2) is 17.9 Å². The second kappa shape index (κ2) is 7.25. The molecule has 1 aliphatic rings. The molecule has 0 bridgehead atoms. The van der Waals surface area contributed by atoms with Crippen LogP contribution in [0.5, 0.6) is 0 Å². The molecule has 156 valence electrons. The van der Waals surface area contributed by atoms with E-state index in [1.807, 2.05) is 0 Å². The van der Waals surface area contributed by atoms with Crippen molar-refractivity contribution in [1.29, 1.82) is 0 Å². The van der Waals surface area contributed by atoms with Crippen LogP contribution in [0.25, 0.3) is 0 Å². The third-order valence-electron chi connectivity index (χ3n) is 4.31. The van der Waals surface area contributed by atoms with Crippen molar-refractivity contribution >= 4 is 23.4 Å². The fourth-order valence-corrected chi connectivity index (χ4v) is 2.94. The molecule has 0 amide bonds. The molecule has 7 nitrogen and oxygen atoms in total. The van der Waals surface area contributed by atoms with Crippen LogP contribution in [0.2, 0.25) is 5.02 Å². The van der Waals surface area contributed by atoms with Gasteiger partial charge in [-0.2, -0.15) is 22.7 Å². The van der Waals surface area contributed by atoms with Crippen LogP contribution >= 0.6 is 11.6 Å². The molecule has 2 aromatic heterocycles. The van der Waals surface area contributed by atoms with Gasteiger partial charge in [0.25, 0.3) is 6.02 Å². The number of aromatic nitrogens is 3. The zero-order chi connectivity index (χ0) is 21.6. The molecule has 29 heavy (non-hydrogen) atoms. The smallest absolute Gasteiger partial charge is 0.333 e. The van der Waals surface area contributed by atoms with Crippen molar-refractivity contribution in [2.24, 2.45) is 10.7 Å². The summed E-state index contributed by atoms with van der Waals surface area (Å²) in [5.41, 5.74) is 1.56. The Morgan fingerprint density at radius 2 is 2.10 bits per heavy atom. The minimum Gasteiger partial charge on any atom is -0.459 e. The third-order valence-corrected chi connectivity index (χ3v) is 4.58. The molecule has 3 rings (SSSR count). The van der Waals surface area contributed by atoms with Crippen molar-refractivity contribution < 1.29 is 31.5 Å². The Balaban J connectivity index is 1.96. The molecular formula is C16H13ClF5N5O2. The number of Topliss-reactive ketones (excluding diaryl/α,β-unsaturated/α-hetero) is 1. The lowest BCUT2D eigenvalue weighted by molar-refractivity contribution is -0.118. The van der Waals surface area contributed by atoms with Gasteiger partial charge in [-0.1, -0.05) is 11.6 Å². The summed E-state index contributed by atoms with van der Waals surface area (Å²) in [6, 6.07) is 1.36. The summed E-state index contributed by atoms with van der Waals surface area (Å²) in [4.78, 5) is 19.7. The maximum atomic E-state index is 14.4.